The molecular formula is C21H30N4O4. The molecule has 0 aliphatic carbocycles. The monoisotopic (exact) mass is 402 g/mol. The van der Waals surface area contributed by atoms with Gasteiger partial charge in [-0.05, 0) is 37.8 Å². The minimum absolute atomic E-state index is 0.0225. The van der Waals surface area contributed by atoms with Gasteiger partial charge in [-0.2, -0.15) is 0 Å². The molecule has 4 amide bonds. The number of unbranched alkanes of at least 4 members (excludes halogenated alkanes) is 1. The summed E-state index contributed by atoms with van der Waals surface area (Å²) in [5.41, 5.74) is 0.747. The van der Waals surface area contributed by atoms with Gasteiger partial charge in [0, 0.05) is 19.6 Å². The highest BCUT2D eigenvalue weighted by Crippen LogP contribution is 2.33. The number of anilines is 1. The summed E-state index contributed by atoms with van der Waals surface area (Å²) in [7, 11) is 0. The summed E-state index contributed by atoms with van der Waals surface area (Å²) < 4.78 is 5.96. The third kappa shape index (κ3) is 5.62. The Morgan fingerprint density at radius 3 is 2.66 bits per heavy atom. The van der Waals surface area contributed by atoms with Gasteiger partial charge in [0.15, 0.2) is 6.10 Å². The summed E-state index contributed by atoms with van der Waals surface area (Å²) in [6, 6.07) is 6.85. The standard InChI is InChI=1S/C21H30N4O4/c1-2-3-11-22-21(28)23-19(26)15-25-14-18(20(27)24-12-7-4-8-13-24)29-17-10-6-5-9-16(17)25/h5-6,9-10,18H,2-4,7-8,11-15H2,1H3,(H2,22,23,26,28)/t18-/m0/s1. The number of benzene rings is 1. The number of nitrogens with zero attached hydrogens (tertiary/aromatic N) is 2. The fraction of sp³-hybridized carbons (Fsp3) is 0.571. The molecule has 2 aliphatic heterocycles. The third-order valence-corrected chi connectivity index (χ3v) is 5.21. The highest BCUT2D eigenvalue weighted by atomic mass is 16.5. The second kappa shape index (κ2) is 10.1. The van der Waals surface area contributed by atoms with Crippen molar-refractivity contribution < 1.29 is 19.1 Å². The van der Waals surface area contributed by atoms with Crippen LogP contribution in [0.3, 0.4) is 0 Å². The molecule has 0 aromatic heterocycles. The number of nitrogens with one attached hydrogen (secondary N) is 2. The van der Waals surface area contributed by atoms with E-state index in [4.69, 9.17) is 4.74 Å². The number of likely N-dealkylation sites (tertiary alicyclic amines) is 1. The molecule has 0 spiro atoms. The predicted octanol–water partition coefficient (Wildman–Crippen LogP) is 1.89. The van der Waals surface area contributed by atoms with Crippen LogP contribution in [0.2, 0.25) is 0 Å². The van der Waals surface area contributed by atoms with E-state index in [0.717, 1.165) is 50.9 Å². The molecule has 3 rings (SSSR count). The lowest BCUT2D eigenvalue weighted by Gasteiger charge is -2.38. The number of carbonyl (C=O) groups is 3. The lowest BCUT2D eigenvalue weighted by atomic mass is 10.1. The van der Waals surface area contributed by atoms with Gasteiger partial charge in [0.25, 0.3) is 5.91 Å². The minimum atomic E-state index is -0.658. The van der Waals surface area contributed by atoms with Crippen LogP contribution in [0.25, 0.3) is 0 Å². The van der Waals surface area contributed by atoms with E-state index in [1.54, 1.807) is 11.0 Å². The summed E-state index contributed by atoms with van der Waals surface area (Å²) >= 11 is 0. The maximum absolute atomic E-state index is 12.9. The van der Waals surface area contributed by atoms with E-state index in [0.29, 0.717) is 12.3 Å². The Balaban J connectivity index is 1.64. The molecule has 0 radical (unpaired) electrons. The molecule has 1 atom stereocenters. The van der Waals surface area contributed by atoms with E-state index in [1.165, 1.54) is 0 Å². The molecule has 158 valence electrons. The number of para-hydroxylation sites is 2. The van der Waals surface area contributed by atoms with E-state index in [-0.39, 0.29) is 19.0 Å². The molecule has 2 heterocycles. The lowest BCUT2D eigenvalue weighted by molar-refractivity contribution is -0.139. The van der Waals surface area contributed by atoms with E-state index >= 15 is 0 Å². The van der Waals surface area contributed by atoms with Crippen LogP contribution < -0.4 is 20.3 Å². The molecule has 1 fully saturated rings. The van der Waals surface area contributed by atoms with Crippen LogP contribution in [0, 0.1) is 0 Å². The van der Waals surface area contributed by atoms with Crippen LogP contribution in [0.5, 0.6) is 5.75 Å². The molecule has 2 aliphatic rings. The number of ether oxygens (including phenoxy) is 1. The molecule has 8 heteroatoms. The second-order valence-corrected chi connectivity index (χ2v) is 7.50. The zero-order chi connectivity index (χ0) is 20.6. The number of hydrogen-bond acceptors (Lipinski definition) is 5. The molecule has 1 saturated heterocycles. The Kier molecular flexibility index (Phi) is 7.32. The number of fused-ring (bicyclic) bond motifs is 1. The molecule has 1 aromatic rings. The van der Waals surface area contributed by atoms with Crippen LogP contribution in [0.4, 0.5) is 10.5 Å². The maximum atomic E-state index is 12.9. The smallest absolute Gasteiger partial charge is 0.321 e. The van der Waals surface area contributed by atoms with Gasteiger partial charge in [-0.1, -0.05) is 25.5 Å². The largest absolute Gasteiger partial charge is 0.477 e. The first-order valence-electron chi connectivity index (χ1n) is 10.5. The zero-order valence-corrected chi connectivity index (χ0v) is 17.0. The number of imide groups is 1. The fourth-order valence-corrected chi connectivity index (χ4v) is 3.67. The van der Waals surface area contributed by atoms with Crippen molar-refractivity contribution in [3.05, 3.63) is 24.3 Å². The lowest BCUT2D eigenvalue weighted by Crippen LogP contribution is -2.53. The highest BCUT2D eigenvalue weighted by Gasteiger charge is 2.34. The average molecular weight is 402 g/mol. The van der Waals surface area contributed by atoms with E-state index in [1.807, 2.05) is 30.0 Å². The van der Waals surface area contributed by atoms with Crippen molar-refractivity contribution in [1.29, 1.82) is 0 Å². The fourth-order valence-electron chi connectivity index (χ4n) is 3.67. The Hall–Kier alpha value is -2.77. The number of piperidine rings is 1. The molecule has 2 N–H and O–H groups in total. The molecule has 0 saturated carbocycles. The van der Waals surface area contributed by atoms with Crippen molar-refractivity contribution in [1.82, 2.24) is 15.5 Å². The first-order valence-corrected chi connectivity index (χ1v) is 10.5. The van der Waals surface area contributed by atoms with E-state index < -0.39 is 18.0 Å². The van der Waals surface area contributed by atoms with Crippen molar-refractivity contribution in [3.8, 4) is 5.75 Å². The van der Waals surface area contributed by atoms with Crippen molar-refractivity contribution in [3.63, 3.8) is 0 Å². The van der Waals surface area contributed by atoms with Crippen LogP contribution in [0.15, 0.2) is 24.3 Å². The maximum Gasteiger partial charge on any atom is 0.321 e. The highest BCUT2D eigenvalue weighted by molar-refractivity contribution is 5.97. The van der Waals surface area contributed by atoms with Crippen LogP contribution in [0.1, 0.15) is 39.0 Å². The normalized spacial score (nSPS) is 18.4. The molecule has 8 nitrogen and oxygen atoms in total. The number of rotatable bonds is 6. The van der Waals surface area contributed by atoms with Gasteiger partial charge in [-0.3, -0.25) is 14.9 Å². The topological polar surface area (TPSA) is 91.0 Å². The first-order chi connectivity index (χ1) is 14.1. The average Bonchev–Trinajstić information content (AvgIpc) is 2.74. The second-order valence-electron chi connectivity index (χ2n) is 7.50. The zero-order valence-electron chi connectivity index (χ0n) is 17.0. The summed E-state index contributed by atoms with van der Waals surface area (Å²) in [5.74, 6) is 0.121. The Labute approximate surface area is 171 Å². The van der Waals surface area contributed by atoms with Gasteiger partial charge in [0.2, 0.25) is 5.91 Å². The number of carbonyl (C=O) groups excluding carboxylic acids is 3. The SMILES string of the molecule is CCCCNC(=O)NC(=O)CN1C[C@@H](C(=O)N2CCCCC2)Oc2ccccc21. The number of urea groups is 1. The van der Waals surface area contributed by atoms with Crippen LogP contribution in [-0.2, 0) is 9.59 Å². The number of amides is 4. The molecular weight excluding hydrogens is 372 g/mol. The van der Waals surface area contributed by atoms with E-state index in [2.05, 4.69) is 10.6 Å². The predicted molar refractivity (Wildman–Crippen MR) is 110 cm³/mol. The molecule has 0 bridgehead atoms. The van der Waals surface area contributed by atoms with Crippen LogP contribution >= 0.6 is 0 Å². The quantitative estimate of drug-likeness (QED) is 0.709. The molecule has 29 heavy (non-hydrogen) atoms. The Bertz CT molecular complexity index is 733. The third-order valence-electron chi connectivity index (χ3n) is 5.21. The van der Waals surface area contributed by atoms with E-state index in [9.17, 15) is 14.4 Å². The summed E-state index contributed by atoms with van der Waals surface area (Å²) in [6.07, 6.45) is 4.33. The van der Waals surface area contributed by atoms with Crippen molar-refractivity contribution in [2.75, 3.05) is 37.6 Å². The molecule has 0 unspecified atom stereocenters. The van der Waals surface area contributed by atoms with Gasteiger partial charge in [-0.15, -0.1) is 0 Å². The summed E-state index contributed by atoms with van der Waals surface area (Å²) in [4.78, 5) is 40.8. The Morgan fingerprint density at radius 2 is 1.90 bits per heavy atom. The summed E-state index contributed by atoms with van der Waals surface area (Å²) in [5, 5.41) is 5.02. The number of hydrogen-bond donors (Lipinski definition) is 2. The van der Waals surface area contributed by atoms with Gasteiger partial charge in [0.1, 0.15) is 5.75 Å². The van der Waals surface area contributed by atoms with Crippen molar-refractivity contribution in [2.24, 2.45) is 0 Å². The molecule has 1 aromatic carbocycles. The van der Waals surface area contributed by atoms with Crippen molar-refractivity contribution >= 4 is 23.5 Å². The van der Waals surface area contributed by atoms with Gasteiger partial charge in [0.05, 0.1) is 18.8 Å². The minimum Gasteiger partial charge on any atom is -0.477 e. The summed E-state index contributed by atoms with van der Waals surface area (Å²) in [6.45, 7) is 4.31. The Morgan fingerprint density at radius 1 is 1.14 bits per heavy atom. The van der Waals surface area contributed by atoms with Gasteiger partial charge >= 0.3 is 6.03 Å². The van der Waals surface area contributed by atoms with Crippen molar-refractivity contribution in [2.45, 2.75) is 45.1 Å². The van der Waals surface area contributed by atoms with Gasteiger partial charge < -0.3 is 19.9 Å². The first kappa shape index (κ1) is 21.0. The van der Waals surface area contributed by atoms with Gasteiger partial charge in [-0.25, -0.2) is 4.79 Å². The van der Waals surface area contributed by atoms with Crippen LogP contribution in [-0.4, -0.2) is 61.6 Å².